The van der Waals surface area contributed by atoms with Crippen LogP contribution in [0, 0.1) is 5.92 Å². The smallest absolute Gasteiger partial charge is 0.131 e. The van der Waals surface area contributed by atoms with Gasteiger partial charge in [0.15, 0.2) is 0 Å². The summed E-state index contributed by atoms with van der Waals surface area (Å²) in [4.78, 5) is 0. The third-order valence-corrected chi connectivity index (χ3v) is 3.97. The summed E-state index contributed by atoms with van der Waals surface area (Å²) in [5.41, 5.74) is 5.35. The summed E-state index contributed by atoms with van der Waals surface area (Å²) in [7, 11) is 0. The number of para-hydroxylation sites is 1. The summed E-state index contributed by atoms with van der Waals surface area (Å²) >= 11 is 0. The fourth-order valence-electron chi connectivity index (χ4n) is 2.97. The van der Waals surface area contributed by atoms with E-state index in [-0.39, 0.29) is 18.1 Å². The molecule has 19 heavy (non-hydrogen) atoms. The van der Waals surface area contributed by atoms with Gasteiger partial charge in [0.1, 0.15) is 11.9 Å². The van der Waals surface area contributed by atoms with Crippen molar-refractivity contribution < 1.29 is 9.84 Å². The molecule has 1 aliphatic carbocycles. The van der Waals surface area contributed by atoms with Gasteiger partial charge >= 0.3 is 0 Å². The number of rotatable bonds is 4. The van der Waals surface area contributed by atoms with Crippen LogP contribution in [-0.4, -0.2) is 22.9 Å². The normalized spacial score (nSPS) is 25.9. The number of aliphatic hydroxyl groups is 1. The highest BCUT2D eigenvalue weighted by Crippen LogP contribution is 2.33. The Morgan fingerprint density at radius 2 is 1.84 bits per heavy atom. The third-order valence-electron chi connectivity index (χ3n) is 3.97. The van der Waals surface area contributed by atoms with Crippen molar-refractivity contribution in [2.75, 3.05) is 0 Å². The van der Waals surface area contributed by atoms with Crippen LogP contribution in [0.1, 0.15) is 39.5 Å². The van der Waals surface area contributed by atoms with Crippen LogP contribution in [-0.2, 0) is 0 Å². The van der Waals surface area contributed by atoms with E-state index < -0.39 is 5.60 Å². The molecule has 3 nitrogen and oxygen atoms in total. The molecule has 0 aromatic heterocycles. The SMILES string of the molecule is CC(C)(O)C(Oc1ccccc1)C1CCCCC1N. The second kappa shape index (κ2) is 5.93. The number of ether oxygens (including phenoxy) is 1. The van der Waals surface area contributed by atoms with E-state index in [1.165, 1.54) is 12.8 Å². The topological polar surface area (TPSA) is 55.5 Å². The maximum atomic E-state index is 10.4. The second-order valence-electron chi connectivity index (χ2n) is 6.12. The Morgan fingerprint density at radius 1 is 1.21 bits per heavy atom. The van der Waals surface area contributed by atoms with Crippen molar-refractivity contribution in [1.82, 2.24) is 0 Å². The molecule has 0 heterocycles. The lowest BCUT2D eigenvalue weighted by molar-refractivity contribution is -0.0730. The van der Waals surface area contributed by atoms with Gasteiger partial charge in [-0.25, -0.2) is 0 Å². The molecule has 3 atom stereocenters. The Hall–Kier alpha value is -1.06. The lowest BCUT2D eigenvalue weighted by Gasteiger charge is -2.40. The summed E-state index contributed by atoms with van der Waals surface area (Å²) < 4.78 is 6.06. The zero-order valence-electron chi connectivity index (χ0n) is 11.9. The molecule has 1 fully saturated rings. The van der Waals surface area contributed by atoms with Crippen LogP contribution in [0.3, 0.4) is 0 Å². The Kier molecular flexibility index (Phi) is 4.48. The van der Waals surface area contributed by atoms with E-state index in [4.69, 9.17) is 10.5 Å². The summed E-state index contributed by atoms with van der Waals surface area (Å²) in [6.45, 7) is 3.61. The van der Waals surface area contributed by atoms with Crippen molar-refractivity contribution in [2.24, 2.45) is 11.7 Å². The van der Waals surface area contributed by atoms with Crippen LogP contribution in [0.4, 0.5) is 0 Å². The average molecular weight is 263 g/mol. The minimum Gasteiger partial charge on any atom is -0.487 e. The highest BCUT2D eigenvalue weighted by molar-refractivity contribution is 5.22. The van der Waals surface area contributed by atoms with E-state index in [0.29, 0.717) is 0 Å². The van der Waals surface area contributed by atoms with Gasteiger partial charge in [-0.1, -0.05) is 31.0 Å². The number of benzene rings is 1. The summed E-state index contributed by atoms with van der Waals surface area (Å²) in [6, 6.07) is 9.81. The lowest BCUT2D eigenvalue weighted by Crippen LogP contribution is -2.52. The monoisotopic (exact) mass is 263 g/mol. The van der Waals surface area contributed by atoms with E-state index in [9.17, 15) is 5.11 Å². The zero-order valence-corrected chi connectivity index (χ0v) is 11.9. The Morgan fingerprint density at radius 3 is 2.42 bits per heavy atom. The van der Waals surface area contributed by atoms with Gasteiger partial charge in [-0.15, -0.1) is 0 Å². The maximum absolute atomic E-state index is 10.4. The first-order valence-corrected chi connectivity index (χ1v) is 7.18. The molecule has 2 rings (SSSR count). The quantitative estimate of drug-likeness (QED) is 0.878. The molecule has 0 aliphatic heterocycles. The minimum absolute atomic E-state index is 0.119. The van der Waals surface area contributed by atoms with Crippen LogP contribution < -0.4 is 10.5 Å². The Bertz CT molecular complexity index is 385. The van der Waals surface area contributed by atoms with Crippen LogP contribution in [0.25, 0.3) is 0 Å². The van der Waals surface area contributed by atoms with Crippen molar-refractivity contribution in [2.45, 2.75) is 57.3 Å². The molecule has 1 saturated carbocycles. The van der Waals surface area contributed by atoms with E-state index in [1.54, 1.807) is 0 Å². The summed E-state index contributed by atoms with van der Waals surface area (Å²) in [6.07, 6.45) is 4.15. The van der Waals surface area contributed by atoms with Gasteiger partial charge in [0.25, 0.3) is 0 Å². The molecule has 0 radical (unpaired) electrons. The van der Waals surface area contributed by atoms with Gasteiger partial charge < -0.3 is 15.6 Å². The molecule has 0 spiro atoms. The molecule has 106 valence electrons. The predicted molar refractivity (Wildman–Crippen MR) is 77.1 cm³/mol. The molecule has 3 heteroatoms. The van der Waals surface area contributed by atoms with Gasteiger partial charge in [-0.3, -0.25) is 0 Å². The Labute approximate surface area is 115 Å². The van der Waals surface area contributed by atoms with E-state index >= 15 is 0 Å². The first kappa shape index (κ1) is 14.4. The number of hydrogen-bond donors (Lipinski definition) is 2. The summed E-state index contributed by atoms with van der Waals surface area (Å²) in [5, 5.41) is 10.4. The molecule has 3 N–H and O–H groups in total. The van der Waals surface area contributed by atoms with Crippen LogP contribution in [0.2, 0.25) is 0 Å². The second-order valence-corrected chi connectivity index (χ2v) is 6.12. The van der Waals surface area contributed by atoms with Crippen molar-refractivity contribution in [3.63, 3.8) is 0 Å². The molecule has 3 unspecified atom stereocenters. The molecule has 1 aromatic rings. The van der Waals surface area contributed by atoms with Crippen LogP contribution >= 0.6 is 0 Å². The van der Waals surface area contributed by atoms with Crippen LogP contribution in [0.15, 0.2) is 30.3 Å². The highest BCUT2D eigenvalue weighted by Gasteiger charge is 2.40. The Balaban J connectivity index is 2.16. The van der Waals surface area contributed by atoms with Crippen molar-refractivity contribution in [1.29, 1.82) is 0 Å². The fraction of sp³-hybridized carbons (Fsp3) is 0.625. The van der Waals surface area contributed by atoms with E-state index in [2.05, 4.69) is 0 Å². The lowest BCUT2D eigenvalue weighted by atomic mass is 9.76. The van der Waals surface area contributed by atoms with Gasteiger partial charge in [-0.05, 0) is 38.8 Å². The minimum atomic E-state index is -0.893. The molecular weight excluding hydrogens is 238 g/mol. The number of hydrogen-bond acceptors (Lipinski definition) is 3. The van der Waals surface area contributed by atoms with Gasteiger partial charge in [0.05, 0.1) is 5.60 Å². The first-order chi connectivity index (χ1) is 8.98. The molecular formula is C16H25NO2. The third kappa shape index (κ3) is 3.71. The molecule has 1 aromatic carbocycles. The van der Waals surface area contributed by atoms with Crippen LogP contribution in [0.5, 0.6) is 5.75 Å². The van der Waals surface area contributed by atoms with Crippen molar-refractivity contribution in [3.8, 4) is 5.75 Å². The standard InChI is InChI=1S/C16H25NO2/c1-16(2,18)15(13-10-6-7-11-14(13)17)19-12-8-4-3-5-9-12/h3-5,8-9,13-15,18H,6-7,10-11,17H2,1-2H3. The molecule has 1 aliphatic rings. The van der Waals surface area contributed by atoms with Crippen molar-refractivity contribution in [3.05, 3.63) is 30.3 Å². The first-order valence-electron chi connectivity index (χ1n) is 7.18. The van der Waals surface area contributed by atoms with Gasteiger partial charge in [-0.2, -0.15) is 0 Å². The maximum Gasteiger partial charge on any atom is 0.131 e. The molecule has 0 amide bonds. The molecule has 0 bridgehead atoms. The fourth-order valence-corrected chi connectivity index (χ4v) is 2.97. The van der Waals surface area contributed by atoms with E-state index in [0.717, 1.165) is 18.6 Å². The average Bonchev–Trinajstić information content (AvgIpc) is 2.37. The molecule has 0 saturated heterocycles. The summed E-state index contributed by atoms with van der Waals surface area (Å²) in [5.74, 6) is 1.02. The van der Waals surface area contributed by atoms with Crippen molar-refractivity contribution >= 4 is 0 Å². The zero-order chi connectivity index (χ0) is 13.9. The number of nitrogens with two attached hydrogens (primary N) is 1. The van der Waals surface area contributed by atoms with Gasteiger partial charge in [0.2, 0.25) is 0 Å². The predicted octanol–water partition coefficient (Wildman–Crippen LogP) is 2.72. The van der Waals surface area contributed by atoms with Gasteiger partial charge in [0, 0.05) is 12.0 Å². The highest BCUT2D eigenvalue weighted by atomic mass is 16.5. The van der Waals surface area contributed by atoms with E-state index in [1.807, 2.05) is 44.2 Å². The largest absolute Gasteiger partial charge is 0.487 e.